The summed E-state index contributed by atoms with van der Waals surface area (Å²) in [4.78, 5) is 13.0. The minimum absolute atomic E-state index is 0.229. The maximum absolute atomic E-state index is 13.9. The van der Waals surface area contributed by atoms with Crippen molar-refractivity contribution in [2.24, 2.45) is 5.92 Å². The van der Waals surface area contributed by atoms with Crippen molar-refractivity contribution in [3.05, 3.63) is 59.2 Å². The number of nitrogens with zero attached hydrogens (tertiary/aromatic N) is 5. The molecule has 196 valence electrons. The van der Waals surface area contributed by atoms with E-state index in [0.717, 1.165) is 63.6 Å². The Balaban J connectivity index is 1.20. The summed E-state index contributed by atoms with van der Waals surface area (Å²) in [7, 11) is 2.18. The fourth-order valence-electron chi connectivity index (χ4n) is 5.99. The fraction of sp³-hybridized carbons (Fsp3) is 0.500. The Labute approximate surface area is 224 Å². The molecule has 2 aliphatic heterocycles. The molecule has 1 N–H and O–H groups in total. The van der Waals surface area contributed by atoms with Crippen molar-refractivity contribution in [3.8, 4) is 6.07 Å². The summed E-state index contributed by atoms with van der Waals surface area (Å²) in [6.07, 6.45) is 3.40. The van der Waals surface area contributed by atoms with Crippen LogP contribution in [0.1, 0.15) is 30.4 Å². The van der Waals surface area contributed by atoms with Crippen molar-refractivity contribution in [3.63, 3.8) is 0 Å². The number of fused-ring (bicyclic) bond motifs is 2. The molecule has 0 bridgehead atoms. The van der Waals surface area contributed by atoms with Gasteiger partial charge in [0.1, 0.15) is 0 Å². The molecular weight excluding hydrogens is 585 g/mol. The second-order valence-electron chi connectivity index (χ2n) is 10.7. The number of alkyl halides is 2. The average Bonchev–Trinajstić information content (AvgIpc) is 3.53. The van der Waals surface area contributed by atoms with E-state index < -0.39 is 31.7 Å². The number of anilines is 1. The van der Waals surface area contributed by atoms with E-state index in [1.807, 2.05) is 12.1 Å². The molecule has 9 heteroatoms. The van der Waals surface area contributed by atoms with Gasteiger partial charge in [-0.25, -0.2) is 0 Å². The van der Waals surface area contributed by atoms with Gasteiger partial charge in [-0.05, 0) is 0 Å². The fourth-order valence-corrected chi connectivity index (χ4v) is 13.4. The number of hydrogen-bond acceptors (Lipinski definition) is 5. The molecule has 2 aromatic carbocycles. The summed E-state index contributed by atoms with van der Waals surface area (Å²) in [5.74, 6) is -0.267. The van der Waals surface area contributed by atoms with Gasteiger partial charge in [0.2, 0.25) is 0 Å². The molecule has 6 rings (SSSR count). The molecule has 3 aromatic rings. The number of rotatable bonds is 7. The third-order valence-corrected chi connectivity index (χ3v) is 14.8. The quantitative estimate of drug-likeness (QED) is 0.231. The topological polar surface area (TPSA) is 62.2 Å². The van der Waals surface area contributed by atoms with E-state index >= 15 is 0 Å². The SMILES string of the molecule is CN1CCN(CCCN(c2nc3cc(F)c(F)cc3[nH]2)I2CC[C@]3(c4cccc(C#N)c4)CC3C2)CC1. The molecule has 1 unspecified atom stereocenters. The van der Waals surface area contributed by atoms with Crippen molar-refractivity contribution < 1.29 is 8.78 Å². The maximum atomic E-state index is 13.9. The monoisotopic (exact) mass is 618 g/mol. The summed E-state index contributed by atoms with van der Waals surface area (Å²) in [6.45, 7) is 6.42. The molecule has 0 spiro atoms. The van der Waals surface area contributed by atoms with Crippen molar-refractivity contribution in [2.45, 2.75) is 24.7 Å². The van der Waals surface area contributed by atoms with Crippen molar-refractivity contribution >= 4 is 37.1 Å². The van der Waals surface area contributed by atoms with E-state index in [1.54, 1.807) is 0 Å². The number of piperazine rings is 1. The van der Waals surface area contributed by atoms with Crippen LogP contribution in [0, 0.1) is 28.9 Å². The van der Waals surface area contributed by atoms with E-state index in [2.05, 4.69) is 43.1 Å². The van der Waals surface area contributed by atoms with Crippen LogP contribution in [0.3, 0.4) is 0 Å². The number of imidazole rings is 1. The molecule has 3 fully saturated rings. The van der Waals surface area contributed by atoms with Crippen LogP contribution in [0.25, 0.3) is 11.0 Å². The number of H-pyrrole nitrogens is 1. The zero-order valence-electron chi connectivity index (χ0n) is 21.2. The van der Waals surface area contributed by atoms with Crippen molar-refractivity contribution in [1.29, 1.82) is 5.26 Å². The minimum atomic E-state index is -1.59. The summed E-state index contributed by atoms with van der Waals surface area (Å²) in [6, 6.07) is 12.9. The van der Waals surface area contributed by atoms with E-state index in [9.17, 15) is 14.0 Å². The Morgan fingerprint density at radius 1 is 1.19 bits per heavy atom. The van der Waals surface area contributed by atoms with Crippen LogP contribution in [0.4, 0.5) is 14.7 Å². The molecular formula is C28H33F2IN6. The Kier molecular flexibility index (Phi) is 6.84. The number of halogens is 3. The molecule has 1 aliphatic carbocycles. The number of nitrogens with one attached hydrogen (secondary N) is 1. The van der Waals surface area contributed by atoms with Gasteiger partial charge in [-0.3, -0.25) is 0 Å². The number of aromatic amines is 1. The number of nitriles is 1. The molecule has 37 heavy (non-hydrogen) atoms. The molecule has 6 nitrogen and oxygen atoms in total. The second kappa shape index (κ2) is 10.1. The Hall–Kier alpha value is -2.29. The van der Waals surface area contributed by atoms with Crippen LogP contribution >= 0.6 is 20.1 Å². The normalized spacial score (nSPS) is 25.1. The standard InChI is InChI=1S/C28H33F2IN6/c1-35-10-12-36(13-11-35)8-3-9-37(27-33-25-15-23(29)24(30)16-26(25)34-27)31-7-6-28(17-22(28)18-31)21-5-2-4-20(14-21)19-32/h2,4-5,14-16,22H,3,6-13,17-18H2,1H3,(H,33,34)/t22?,28-/m1/s1. The third kappa shape index (κ3) is 4.95. The summed E-state index contributed by atoms with van der Waals surface area (Å²) in [5, 5.41) is 9.37. The summed E-state index contributed by atoms with van der Waals surface area (Å²) < 4.78 is 32.7. The first-order valence-electron chi connectivity index (χ1n) is 13.1. The number of aromatic nitrogens is 2. The molecule has 1 saturated carbocycles. The van der Waals surface area contributed by atoms with Gasteiger partial charge < -0.3 is 0 Å². The predicted molar refractivity (Wildman–Crippen MR) is 151 cm³/mol. The average molecular weight is 619 g/mol. The van der Waals surface area contributed by atoms with Crippen molar-refractivity contribution in [1.82, 2.24) is 19.8 Å². The van der Waals surface area contributed by atoms with Crippen LogP contribution in [-0.2, 0) is 5.41 Å². The Morgan fingerprint density at radius 3 is 2.78 bits per heavy atom. The first-order chi connectivity index (χ1) is 17.9. The zero-order valence-corrected chi connectivity index (χ0v) is 23.3. The van der Waals surface area contributed by atoms with Crippen LogP contribution in [0.15, 0.2) is 36.4 Å². The van der Waals surface area contributed by atoms with Gasteiger partial charge in [0.05, 0.1) is 0 Å². The van der Waals surface area contributed by atoms with Gasteiger partial charge in [-0.1, -0.05) is 0 Å². The van der Waals surface area contributed by atoms with Crippen molar-refractivity contribution in [2.75, 3.05) is 58.3 Å². The zero-order chi connectivity index (χ0) is 25.6. The summed E-state index contributed by atoms with van der Waals surface area (Å²) in [5.41, 5.74) is 3.33. The van der Waals surface area contributed by atoms with Gasteiger partial charge in [-0.15, -0.1) is 0 Å². The van der Waals surface area contributed by atoms with Crippen LogP contribution in [0.2, 0.25) is 0 Å². The first-order valence-corrected chi connectivity index (χ1v) is 17.1. The van der Waals surface area contributed by atoms with Gasteiger partial charge in [-0.2, -0.15) is 0 Å². The Morgan fingerprint density at radius 2 is 2.00 bits per heavy atom. The van der Waals surface area contributed by atoms with Crippen LogP contribution in [-0.4, -0.2) is 74.9 Å². The molecule has 3 aliphatic rings. The first kappa shape index (κ1) is 25.0. The second-order valence-corrected chi connectivity index (χ2v) is 16.3. The molecule has 0 radical (unpaired) electrons. The van der Waals surface area contributed by atoms with Gasteiger partial charge >= 0.3 is 225 Å². The number of likely N-dealkylation sites (N-methyl/N-ethyl adjacent to an activating group) is 1. The molecule has 3 heterocycles. The molecule has 1 aromatic heterocycles. The van der Waals surface area contributed by atoms with Gasteiger partial charge in [0, 0.05) is 0 Å². The van der Waals surface area contributed by atoms with Gasteiger partial charge in [0.25, 0.3) is 0 Å². The Bertz CT molecular complexity index is 1290. The molecule has 2 saturated heterocycles. The third-order valence-electron chi connectivity index (χ3n) is 8.38. The predicted octanol–water partition coefficient (Wildman–Crippen LogP) is 4.94. The van der Waals surface area contributed by atoms with Crippen LogP contribution < -0.4 is 3.11 Å². The molecule has 2 atom stereocenters. The number of benzene rings is 2. The van der Waals surface area contributed by atoms with E-state index in [-0.39, 0.29) is 5.41 Å². The van der Waals surface area contributed by atoms with E-state index in [1.165, 1.54) is 33.0 Å². The van der Waals surface area contributed by atoms with E-state index in [4.69, 9.17) is 4.98 Å². The summed E-state index contributed by atoms with van der Waals surface area (Å²) >= 11 is -1.59. The van der Waals surface area contributed by atoms with E-state index in [0.29, 0.717) is 17.0 Å². The number of hydrogen-bond donors (Lipinski definition) is 1. The van der Waals surface area contributed by atoms with Gasteiger partial charge in [0.15, 0.2) is 0 Å². The molecule has 0 amide bonds. The van der Waals surface area contributed by atoms with Crippen LogP contribution in [0.5, 0.6) is 0 Å².